The second-order valence-electron chi connectivity index (χ2n) is 17.6. The molecule has 8 saturated carbocycles. The maximum Gasteiger partial charge on any atom is 0.0257 e. The predicted molar refractivity (Wildman–Crippen MR) is 203 cm³/mol. The van der Waals surface area contributed by atoms with Crippen LogP contribution in [0.4, 0.5) is 0 Å². The average molecular weight is 643 g/mol. The predicted octanol–water partition coefficient (Wildman–Crippen LogP) is 9.27. The molecule has 8 bridgehead atoms. The van der Waals surface area contributed by atoms with Crippen molar-refractivity contribution in [1.82, 2.24) is 0 Å². The van der Waals surface area contributed by atoms with Gasteiger partial charge in [0.15, 0.2) is 0 Å². The van der Waals surface area contributed by atoms with Crippen molar-refractivity contribution in [3.8, 4) is 74.1 Å². The number of benzene rings is 3. The molecule has 0 N–H and O–H groups in total. The molecule has 0 aromatic heterocycles. The summed E-state index contributed by atoms with van der Waals surface area (Å²) in [5, 5.41) is 0. The molecule has 3 aromatic rings. The Bertz CT molecular complexity index is 2040. The van der Waals surface area contributed by atoms with Crippen LogP contribution in [0, 0.1) is 103 Å². The fourth-order valence-corrected chi connectivity index (χ4v) is 14.2. The van der Waals surface area contributed by atoms with Gasteiger partial charge in [0, 0.05) is 33.4 Å². The number of hydrogen-bond acceptors (Lipinski definition) is 0. The number of rotatable bonds is 4. The first-order valence-corrected chi connectivity index (χ1v) is 18.4. The van der Waals surface area contributed by atoms with E-state index in [1.165, 1.54) is 87.3 Å². The van der Waals surface area contributed by atoms with Crippen molar-refractivity contribution < 1.29 is 0 Å². The lowest BCUT2D eigenvalue weighted by atomic mass is 9.28. The van der Waals surface area contributed by atoms with Gasteiger partial charge < -0.3 is 0 Å². The van der Waals surface area contributed by atoms with Gasteiger partial charge in [0.05, 0.1) is 0 Å². The van der Waals surface area contributed by atoms with Gasteiger partial charge in [-0.15, -0.1) is 38.5 Å². The quantitative estimate of drug-likeness (QED) is 0.249. The Balaban J connectivity index is 1.25. The molecule has 0 heteroatoms. The molecule has 0 heterocycles. The van der Waals surface area contributed by atoms with Crippen LogP contribution >= 0.6 is 0 Å². The minimum atomic E-state index is -0.0309. The molecule has 8 fully saturated rings. The second-order valence-corrected chi connectivity index (χ2v) is 17.6. The molecule has 0 spiro atoms. The molecule has 8 aliphatic rings. The lowest BCUT2D eigenvalue weighted by Gasteiger charge is -2.76. The smallest absolute Gasteiger partial charge is 0.0257 e. The summed E-state index contributed by atoms with van der Waals surface area (Å²) < 4.78 is 0. The molecule has 3 aromatic carbocycles. The highest BCUT2D eigenvalue weighted by Gasteiger charge is 2.72. The zero-order valence-electron chi connectivity index (χ0n) is 28.9. The first-order valence-electron chi connectivity index (χ1n) is 18.4. The van der Waals surface area contributed by atoms with Crippen LogP contribution < -0.4 is 0 Å². The van der Waals surface area contributed by atoms with Gasteiger partial charge in [-0.05, 0) is 193 Å². The third-order valence-corrected chi connectivity index (χ3v) is 14.9. The van der Waals surface area contributed by atoms with Gasteiger partial charge in [-0.2, -0.15) is 0 Å². The zero-order valence-corrected chi connectivity index (χ0v) is 28.9. The van der Waals surface area contributed by atoms with E-state index in [4.69, 9.17) is 38.5 Å². The van der Waals surface area contributed by atoms with Crippen molar-refractivity contribution in [2.24, 2.45) is 28.6 Å². The van der Waals surface area contributed by atoms with Crippen LogP contribution in [0.5, 0.6) is 0 Å². The maximum absolute atomic E-state index is 6.07. The van der Waals surface area contributed by atoms with Crippen LogP contribution in [0.1, 0.15) is 127 Å². The molecule has 8 aliphatic carbocycles. The van der Waals surface area contributed by atoms with Crippen LogP contribution in [0.25, 0.3) is 0 Å². The highest BCUT2D eigenvalue weighted by atomic mass is 14.8. The molecular formula is C50H42. The fraction of sp³-hybridized carbons (Fsp3) is 0.400. The highest BCUT2D eigenvalue weighted by molar-refractivity contribution is 5.53. The van der Waals surface area contributed by atoms with E-state index >= 15 is 0 Å². The first kappa shape index (κ1) is 31.0. The Morgan fingerprint density at radius 2 is 0.680 bits per heavy atom. The largest absolute Gasteiger partial charge is 0.115 e. The maximum atomic E-state index is 6.07. The Kier molecular flexibility index (Phi) is 6.53. The molecule has 11 rings (SSSR count). The van der Waals surface area contributed by atoms with Crippen molar-refractivity contribution in [1.29, 1.82) is 0 Å². The average Bonchev–Trinajstić information content (AvgIpc) is 3.13. The summed E-state index contributed by atoms with van der Waals surface area (Å²) in [5.41, 5.74) is 9.82. The molecule has 0 nitrogen and oxygen atoms in total. The van der Waals surface area contributed by atoms with Crippen LogP contribution in [-0.2, 0) is 16.2 Å². The summed E-state index contributed by atoms with van der Waals surface area (Å²) >= 11 is 0. The van der Waals surface area contributed by atoms with Gasteiger partial charge in [-0.25, -0.2) is 0 Å². The number of hydrogen-bond donors (Lipinski definition) is 0. The molecule has 0 aliphatic heterocycles. The monoisotopic (exact) mass is 642 g/mol. The van der Waals surface area contributed by atoms with Crippen LogP contribution in [-0.4, -0.2) is 0 Å². The summed E-state index contributed by atoms with van der Waals surface area (Å²) in [4.78, 5) is 0. The molecule has 242 valence electrons. The molecule has 4 atom stereocenters. The van der Waals surface area contributed by atoms with Crippen LogP contribution in [0.3, 0.4) is 0 Å². The van der Waals surface area contributed by atoms with E-state index in [-0.39, 0.29) is 27.1 Å². The van der Waals surface area contributed by atoms with Gasteiger partial charge >= 0.3 is 0 Å². The third kappa shape index (κ3) is 4.29. The van der Waals surface area contributed by atoms with E-state index in [1.54, 1.807) is 0 Å². The molecule has 50 heavy (non-hydrogen) atoms. The summed E-state index contributed by atoms with van der Waals surface area (Å²) in [6, 6.07) is 19.7. The molecule has 0 saturated heterocycles. The lowest BCUT2D eigenvalue weighted by Crippen LogP contribution is -2.68. The van der Waals surface area contributed by atoms with Crippen LogP contribution in [0.15, 0.2) is 54.6 Å². The van der Waals surface area contributed by atoms with Gasteiger partial charge in [-0.1, -0.05) is 35.5 Å². The molecular weight excluding hydrogens is 601 g/mol. The van der Waals surface area contributed by atoms with E-state index < -0.39 is 0 Å². The van der Waals surface area contributed by atoms with Crippen molar-refractivity contribution in [3.63, 3.8) is 0 Å². The molecule has 4 unspecified atom stereocenters. The zero-order chi connectivity index (χ0) is 34.5. The molecule has 0 radical (unpaired) electrons. The van der Waals surface area contributed by atoms with E-state index in [0.29, 0.717) is 5.92 Å². The van der Waals surface area contributed by atoms with E-state index in [1.807, 2.05) is 18.2 Å². The standard InChI is InChI=1S/C50H42/c1-7-34-13-35(8-2)18-43(17-34)46-23-40-16-41(24-46)28-49(27-40,31-46)50-29-42-25-47(32-50,44-19-36(9-3)14-37(10-4)20-44)30-48(26-42,33-50)45-21-38(11-5)15-39(12-6)22-45/h1-6,13-15,17-22,40-42H,16,23-33H2. The second kappa shape index (κ2) is 10.5. The lowest BCUT2D eigenvalue weighted by molar-refractivity contribution is -0.218. The summed E-state index contributed by atoms with van der Waals surface area (Å²) in [6.07, 6.45) is 51.1. The summed E-state index contributed by atoms with van der Waals surface area (Å²) in [6.45, 7) is 0. The molecule has 0 amide bonds. The van der Waals surface area contributed by atoms with Crippen molar-refractivity contribution >= 4 is 0 Å². The van der Waals surface area contributed by atoms with Crippen molar-refractivity contribution in [3.05, 3.63) is 105 Å². The van der Waals surface area contributed by atoms with Crippen molar-refractivity contribution in [2.45, 2.75) is 93.3 Å². The first-order chi connectivity index (χ1) is 24.1. The van der Waals surface area contributed by atoms with Gasteiger partial charge in [0.2, 0.25) is 0 Å². The van der Waals surface area contributed by atoms with Gasteiger partial charge in [0.1, 0.15) is 0 Å². The third-order valence-electron chi connectivity index (χ3n) is 14.9. The van der Waals surface area contributed by atoms with E-state index in [0.717, 1.165) is 51.6 Å². The Hall–Kier alpha value is -4.98. The van der Waals surface area contributed by atoms with Gasteiger partial charge in [0.25, 0.3) is 0 Å². The minimum absolute atomic E-state index is 0.0309. The fourth-order valence-electron chi connectivity index (χ4n) is 14.2. The summed E-state index contributed by atoms with van der Waals surface area (Å²) in [5.74, 6) is 19.6. The number of terminal acetylenes is 6. The topological polar surface area (TPSA) is 0 Å². The van der Waals surface area contributed by atoms with Gasteiger partial charge in [-0.3, -0.25) is 0 Å². The van der Waals surface area contributed by atoms with E-state index in [2.05, 4.69) is 71.9 Å². The Labute approximate surface area is 299 Å². The van der Waals surface area contributed by atoms with E-state index in [9.17, 15) is 0 Å². The van der Waals surface area contributed by atoms with Crippen molar-refractivity contribution in [2.75, 3.05) is 0 Å². The highest BCUT2D eigenvalue weighted by Crippen LogP contribution is 2.80. The SMILES string of the molecule is C#Cc1cc(C#C)cc(C23CC4CC(C2)CC(C25CC6CC(c7cc(C#C)cc(C#C)c7)(CC(c7cc(C#C)cc(C#C)c7)(C6)C2)C5)(C4)C3)c1. The Morgan fingerprint density at radius 3 is 1.06 bits per heavy atom. The Morgan fingerprint density at radius 1 is 0.360 bits per heavy atom. The summed E-state index contributed by atoms with van der Waals surface area (Å²) in [7, 11) is 0. The minimum Gasteiger partial charge on any atom is -0.115 e. The van der Waals surface area contributed by atoms with Crippen LogP contribution in [0.2, 0.25) is 0 Å². The normalized spacial score (nSPS) is 36.7.